The van der Waals surface area contributed by atoms with Crippen molar-refractivity contribution in [2.24, 2.45) is 0 Å². The Balaban J connectivity index is 2.07. The number of benzene rings is 3. The lowest BCUT2D eigenvalue weighted by Gasteiger charge is -2.24. The molecule has 0 saturated heterocycles. The third-order valence-corrected chi connectivity index (χ3v) is 3.79. The average Bonchev–Trinajstić information content (AvgIpc) is 2.52. The summed E-state index contributed by atoms with van der Waals surface area (Å²) in [6, 6.07) is 20.7. The van der Waals surface area contributed by atoms with Crippen LogP contribution in [-0.4, -0.2) is 5.11 Å². The second-order valence-electron chi connectivity index (χ2n) is 4.96. The minimum absolute atomic E-state index is 0.739. The highest BCUT2D eigenvalue weighted by Crippen LogP contribution is 2.41. The number of aliphatic hydroxyl groups is 1. The van der Waals surface area contributed by atoms with E-state index in [1.54, 1.807) is 0 Å². The summed E-state index contributed by atoms with van der Waals surface area (Å²) in [4.78, 5) is 0. The minimum Gasteiger partial charge on any atom is -0.513 e. The summed E-state index contributed by atoms with van der Waals surface area (Å²) >= 11 is 0. The molecule has 1 heterocycles. The molecule has 0 fully saturated rings. The maximum atomic E-state index is 9.45. The van der Waals surface area contributed by atoms with E-state index in [1.165, 1.54) is 16.3 Å². The Hall–Kier alpha value is -2.74. The monoisotopic (exact) mass is 259 g/mol. The van der Waals surface area contributed by atoms with Crippen LogP contribution in [0.3, 0.4) is 0 Å². The van der Waals surface area contributed by atoms with Gasteiger partial charge in [-0.25, -0.2) is 0 Å². The van der Waals surface area contributed by atoms with Gasteiger partial charge in [0.15, 0.2) is 0 Å². The fraction of sp³-hybridized carbons (Fsp3) is 0. The van der Waals surface area contributed by atoms with Crippen LogP contribution in [0.1, 0.15) is 5.56 Å². The number of aliphatic hydroxyl groups excluding tert-OH is 1. The van der Waals surface area contributed by atoms with E-state index in [4.69, 9.17) is 0 Å². The zero-order valence-corrected chi connectivity index (χ0v) is 10.8. The molecule has 0 spiro atoms. The summed E-state index contributed by atoms with van der Waals surface area (Å²) < 4.78 is 0. The van der Waals surface area contributed by atoms with Crippen LogP contribution in [-0.2, 0) is 0 Å². The van der Waals surface area contributed by atoms with E-state index >= 15 is 0 Å². The van der Waals surface area contributed by atoms with Crippen molar-refractivity contribution in [1.29, 1.82) is 0 Å². The van der Waals surface area contributed by atoms with E-state index in [2.05, 4.69) is 41.7 Å². The normalized spacial score (nSPS) is 14.7. The summed E-state index contributed by atoms with van der Waals surface area (Å²) in [5.74, 6) is 0. The van der Waals surface area contributed by atoms with Crippen molar-refractivity contribution in [2.75, 3.05) is 5.32 Å². The molecule has 3 aromatic rings. The number of nitrogens with one attached hydrogen (secondary N) is 1. The van der Waals surface area contributed by atoms with E-state index in [0.29, 0.717) is 0 Å². The first-order valence-corrected chi connectivity index (χ1v) is 6.61. The summed E-state index contributed by atoms with van der Waals surface area (Å²) in [7, 11) is 0. The minimum atomic E-state index is 0.739. The molecule has 4 rings (SSSR count). The Bertz CT molecular complexity index is 849. The van der Waals surface area contributed by atoms with Crippen molar-refractivity contribution in [1.82, 2.24) is 0 Å². The Morgan fingerprint density at radius 3 is 2.15 bits per heavy atom. The van der Waals surface area contributed by atoms with Crippen LogP contribution >= 0.6 is 0 Å². The molecular weight excluding hydrogens is 246 g/mol. The molecule has 2 N–H and O–H groups in total. The molecule has 0 aliphatic carbocycles. The van der Waals surface area contributed by atoms with E-state index in [-0.39, 0.29) is 0 Å². The van der Waals surface area contributed by atoms with Gasteiger partial charge in [0, 0.05) is 16.8 Å². The standard InChI is InChI=1S/C18H13NO/c20-11-18-15-8-4-3-7-14(15)16-9-12-5-1-2-6-13(12)10-17(16)19-18/h1-11,19-20H. The van der Waals surface area contributed by atoms with Gasteiger partial charge in [-0.15, -0.1) is 0 Å². The van der Waals surface area contributed by atoms with Gasteiger partial charge in [0.05, 0.1) is 5.70 Å². The largest absolute Gasteiger partial charge is 0.513 e. The molecular formula is C18H13NO. The Morgan fingerprint density at radius 1 is 0.750 bits per heavy atom. The van der Waals surface area contributed by atoms with Gasteiger partial charge in [-0.3, -0.25) is 0 Å². The third-order valence-electron chi connectivity index (χ3n) is 3.79. The predicted octanol–water partition coefficient (Wildman–Crippen LogP) is 4.79. The summed E-state index contributed by atoms with van der Waals surface area (Å²) in [6.07, 6.45) is 1.14. The Kier molecular flexibility index (Phi) is 2.30. The lowest BCUT2D eigenvalue weighted by Crippen LogP contribution is -2.07. The van der Waals surface area contributed by atoms with E-state index < -0.39 is 0 Å². The number of rotatable bonds is 0. The Labute approximate surface area is 117 Å². The van der Waals surface area contributed by atoms with Crippen LogP contribution in [0.2, 0.25) is 0 Å². The molecule has 96 valence electrons. The lowest BCUT2D eigenvalue weighted by molar-refractivity contribution is 0.475. The average molecular weight is 259 g/mol. The summed E-state index contributed by atoms with van der Waals surface area (Å²) in [5.41, 5.74) is 5.11. The predicted molar refractivity (Wildman–Crippen MR) is 83.6 cm³/mol. The highest BCUT2D eigenvalue weighted by Gasteiger charge is 2.19. The fourth-order valence-corrected chi connectivity index (χ4v) is 2.83. The number of hydrogen-bond acceptors (Lipinski definition) is 2. The molecule has 0 radical (unpaired) electrons. The van der Waals surface area contributed by atoms with Gasteiger partial charge in [-0.1, -0.05) is 48.5 Å². The topological polar surface area (TPSA) is 32.3 Å². The summed E-state index contributed by atoms with van der Waals surface area (Å²) in [6.45, 7) is 0. The molecule has 20 heavy (non-hydrogen) atoms. The molecule has 0 amide bonds. The zero-order valence-electron chi connectivity index (χ0n) is 10.8. The fourth-order valence-electron chi connectivity index (χ4n) is 2.83. The number of fused-ring (bicyclic) bond motifs is 4. The summed E-state index contributed by atoms with van der Waals surface area (Å²) in [5, 5.41) is 15.2. The van der Waals surface area contributed by atoms with Crippen LogP contribution < -0.4 is 5.32 Å². The zero-order chi connectivity index (χ0) is 13.5. The molecule has 0 aromatic heterocycles. The van der Waals surface area contributed by atoms with Crippen LogP contribution in [0.4, 0.5) is 5.69 Å². The van der Waals surface area contributed by atoms with Gasteiger partial charge in [-0.2, -0.15) is 0 Å². The highest BCUT2D eigenvalue weighted by molar-refractivity contribution is 6.02. The van der Waals surface area contributed by atoms with E-state index in [9.17, 15) is 5.11 Å². The second-order valence-corrected chi connectivity index (χ2v) is 4.96. The van der Waals surface area contributed by atoms with E-state index in [0.717, 1.165) is 28.8 Å². The third kappa shape index (κ3) is 1.51. The number of hydrogen-bond donors (Lipinski definition) is 2. The molecule has 0 saturated carbocycles. The molecule has 1 aliphatic heterocycles. The van der Waals surface area contributed by atoms with Gasteiger partial charge in [-0.05, 0) is 28.5 Å². The highest BCUT2D eigenvalue weighted by atomic mass is 16.2. The van der Waals surface area contributed by atoms with Crippen LogP contribution in [0.5, 0.6) is 0 Å². The van der Waals surface area contributed by atoms with Crippen molar-refractivity contribution in [2.45, 2.75) is 0 Å². The first-order chi connectivity index (χ1) is 9.86. The molecule has 0 unspecified atom stereocenters. The van der Waals surface area contributed by atoms with Crippen molar-refractivity contribution < 1.29 is 5.11 Å². The molecule has 0 bridgehead atoms. The number of anilines is 1. The van der Waals surface area contributed by atoms with Crippen LogP contribution in [0, 0.1) is 0 Å². The maximum Gasteiger partial charge on any atom is 0.103 e. The smallest absolute Gasteiger partial charge is 0.103 e. The van der Waals surface area contributed by atoms with Gasteiger partial charge in [0.2, 0.25) is 0 Å². The van der Waals surface area contributed by atoms with Crippen molar-refractivity contribution in [3.8, 4) is 11.1 Å². The first-order valence-electron chi connectivity index (χ1n) is 6.61. The molecule has 1 aliphatic rings. The second kappa shape index (κ2) is 4.14. The van der Waals surface area contributed by atoms with Gasteiger partial charge in [0.1, 0.15) is 6.26 Å². The SMILES string of the molecule is OC=C1Nc2cc3ccccc3cc2-c2ccccc21. The Morgan fingerprint density at radius 2 is 1.40 bits per heavy atom. The first kappa shape index (κ1) is 11.1. The van der Waals surface area contributed by atoms with Gasteiger partial charge in [0.25, 0.3) is 0 Å². The van der Waals surface area contributed by atoms with Gasteiger partial charge >= 0.3 is 0 Å². The van der Waals surface area contributed by atoms with Crippen LogP contribution in [0.15, 0.2) is 66.9 Å². The van der Waals surface area contributed by atoms with Crippen molar-refractivity contribution in [3.05, 3.63) is 72.5 Å². The van der Waals surface area contributed by atoms with Crippen molar-refractivity contribution >= 4 is 22.2 Å². The maximum absolute atomic E-state index is 9.45. The molecule has 3 aromatic carbocycles. The lowest BCUT2D eigenvalue weighted by atomic mass is 9.91. The van der Waals surface area contributed by atoms with E-state index in [1.807, 2.05) is 24.3 Å². The molecule has 0 atom stereocenters. The quantitative estimate of drug-likeness (QED) is 0.569. The van der Waals surface area contributed by atoms with Crippen molar-refractivity contribution in [3.63, 3.8) is 0 Å². The molecule has 2 nitrogen and oxygen atoms in total. The van der Waals surface area contributed by atoms with Gasteiger partial charge < -0.3 is 10.4 Å². The van der Waals surface area contributed by atoms with Crippen LogP contribution in [0.25, 0.3) is 27.6 Å². The molecule has 2 heteroatoms.